The summed E-state index contributed by atoms with van der Waals surface area (Å²) < 4.78 is 11.3. The quantitative estimate of drug-likeness (QED) is 0.714. The highest BCUT2D eigenvalue weighted by atomic mass is 16.5. The van der Waals surface area contributed by atoms with Gasteiger partial charge < -0.3 is 14.8 Å². The minimum atomic E-state index is -0.164. The Kier molecular flexibility index (Phi) is 5.44. The number of fused-ring (bicyclic) bond motifs is 1. The second-order valence-corrected chi connectivity index (χ2v) is 6.80. The molecule has 0 aromatic heterocycles. The maximum atomic E-state index is 12.3. The van der Waals surface area contributed by atoms with Gasteiger partial charge in [0, 0.05) is 12.0 Å². The number of carbonyl (C=O) groups is 1. The number of para-hydroxylation sites is 1. The van der Waals surface area contributed by atoms with Crippen LogP contribution in [0.25, 0.3) is 11.1 Å². The van der Waals surface area contributed by atoms with E-state index >= 15 is 0 Å². The second-order valence-electron chi connectivity index (χ2n) is 6.80. The Labute approximate surface area is 169 Å². The molecule has 0 bridgehead atoms. The van der Waals surface area contributed by atoms with Crippen LogP contribution in [0.2, 0.25) is 0 Å². The predicted octanol–water partition coefficient (Wildman–Crippen LogP) is 4.24. The topological polar surface area (TPSA) is 71.3 Å². The van der Waals surface area contributed by atoms with Crippen LogP contribution in [0, 0.1) is 11.3 Å². The fraction of sp³-hybridized carbons (Fsp3) is 0.167. The molecule has 4 rings (SSSR count). The summed E-state index contributed by atoms with van der Waals surface area (Å²) in [5.74, 6) is 1.29. The molecule has 0 fully saturated rings. The number of carbonyl (C=O) groups excluding carboxylic acids is 1. The fourth-order valence-electron chi connectivity index (χ4n) is 3.36. The van der Waals surface area contributed by atoms with Crippen LogP contribution < -0.4 is 14.8 Å². The Morgan fingerprint density at radius 3 is 2.45 bits per heavy atom. The van der Waals surface area contributed by atoms with Gasteiger partial charge in [0.05, 0.1) is 24.3 Å². The van der Waals surface area contributed by atoms with E-state index in [1.807, 2.05) is 60.7 Å². The highest BCUT2D eigenvalue weighted by Gasteiger charge is 2.22. The number of ether oxygens (including phenoxy) is 2. The van der Waals surface area contributed by atoms with Gasteiger partial charge in [0.1, 0.15) is 11.5 Å². The van der Waals surface area contributed by atoms with Crippen molar-refractivity contribution in [1.29, 1.82) is 5.26 Å². The molecule has 1 atom stereocenters. The molecule has 3 aromatic carbocycles. The predicted molar refractivity (Wildman–Crippen MR) is 110 cm³/mol. The van der Waals surface area contributed by atoms with Crippen molar-refractivity contribution in [3.05, 3.63) is 83.9 Å². The van der Waals surface area contributed by atoms with Gasteiger partial charge in [-0.1, -0.05) is 42.5 Å². The van der Waals surface area contributed by atoms with Crippen molar-refractivity contribution >= 4 is 5.91 Å². The van der Waals surface area contributed by atoms with Gasteiger partial charge in [-0.05, 0) is 41.5 Å². The molecule has 1 aliphatic heterocycles. The number of hydrogen-bond donors (Lipinski definition) is 1. The lowest BCUT2D eigenvalue weighted by molar-refractivity contribution is -0.124. The molecular formula is C24H20N2O3. The van der Waals surface area contributed by atoms with Crippen LogP contribution in [0.4, 0.5) is 0 Å². The summed E-state index contributed by atoms with van der Waals surface area (Å²) in [6.07, 6.45) is 0.738. The van der Waals surface area contributed by atoms with Gasteiger partial charge in [-0.25, -0.2) is 0 Å². The molecule has 3 aromatic rings. The lowest BCUT2D eigenvalue weighted by Crippen LogP contribution is -2.35. The summed E-state index contributed by atoms with van der Waals surface area (Å²) in [4.78, 5) is 12.3. The molecule has 1 heterocycles. The van der Waals surface area contributed by atoms with Crippen LogP contribution in [0.3, 0.4) is 0 Å². The molecule has 1 amide bonds. The van der Waals surface area contributed by atoms with E-state index < -0.39 is 0 Å². The third-order valence-corrected chi connectivity index (χ3v) is 4.87. The molecule has 1 unspecified atom stereocenters. The first-order valence-corrected chi connectivity index (χ1v) is 9.47. The third-order valence-electron chi connectivity index (χ3n) is 4.87. The van der Waals surface area contributed by atoms with Gasteiger partial charge in [-0.3, -0.25) is 4.79 Å². The zero-order chi connectivity index (χ0) is 20.1. The van der Waals surface area contributed by atoms with Crippen molar-refractivity contribution in [2.45, 2.75) is 12.5 Å². The van der Waals surface area contributed by atoms with Crippen LogP contribution in [0.1, 0.15) is 23.6 Å². The summed E-state index contributed by atoms with van der Waals surface area (Å²) in [5, 5.41) is 11.9. The minimum absolute atomic E-state index is 0.0459. The van der Waals surface area contributed by atoms with Crippen molar-refractivity contribution in [3.63, 3.8) is 0 Å². The van der Waals surface area contributed by atoms with Crippen LogP contribution in [0.15, 0.2) is 72.8 Å². The van der Waals surface area contributed by atoms with Gasteiger partial charge in [-0.2, -0.15) is 5.26 Å². The van der Waals surface area contributed by atoms with Crippen LogP contribution >= 0.6 is 0 Å². The molecule has 29 heavy (non-hydrogen) atoms. The zero-order valence-corrected chi connectivity index (χ0v) is 15.8. The Morgan fingerprint density at radius 1 is 1.03 bits per heavy atom. The highest BCUT2D eigenvalue weighted by Crippen LogP contribution is 2.31. The Morgan fingerprint density at radius 2 is 1.72 bits per heavy atom. The first-order chi connectivity index (χ1) is 14.2. The number of rotatable bonds is 5. The number of nitrogens with zero attached hydrogens (tertiary/aromatic N) is 1. The van der Waals surface area contributed by atoms with Gasteiger partial charge in [0.15, 0.2) is 6.61 Å². The summed E-state index contributed by atoms with van der Waals surface area (Å²) >= 11 is 0. The van der Waals surface area contributed by atoms with E-state index in [4.69, 9.17) is 14.7 Å². The fourth-order valence-corrected chi connectivity index (χ4v) is 3.36. The summed E-state index contributed by atoms with van der Waals surface area (Å²) in [7, 11) is 0. The van der Waals surface area contributed by atoms with Crippen molar-refractivity contribution in [2.24, 2.45) is 0 Å². The average Bonchev–Trinajstić information content (AvgIpc) is 2.78. The molecule has 0 spiro atoms. The van der Waals surface area contributed by atoms with Gasteiger partial charge in [0.2, 0.25) is 0 Å². The molecule has 5 heteroatoms. The summed E-state index contributed by atoms with van der Waals surface area (Å²) in [6, 6.07) is 24.8. The highest BCUT2D eigenvalue weighted by molar-refractivity contribution is 5.78. The molecule has 0 saturated heterocycles. The van der Waals surface area contributed by atoms with E-state index in [0.717, 1.165) is 28.9 Å². The standard InChI is InChI=1S/C24H20N2O3/c25-15-17-5-7-18(8-6-17)19-9-11-20(12-10-19)29-16-24(27)26-22-13-14-28-23-4-2-1-3-21(22)23/h1-12,22H,13-14,16H2,(H,26,27). The second kappa shape index (κ2) is 8.49. The largest absolute Gasteiger partial charge is 0.493 e. The average molecular weight is 384 g/mol. The molecule has 1 aliphatic rings. The molecule has 0 aliphatic carbocycles. The number of amides is 1. The number of hydrogen-bond acceptors (Lipinski definition) is 4. The minimum Gasteiger partial charge on any atom is -0.493 e. The maximum Gasteiger partial charge on any atom is 0.258 e. The van der Waals surface area contributed by atoms with Gasteiger partial charge in [0.25, 0.3) is 5.91 Å². The normalized spacial score (nSPS) is 14.8. The van der Waals surface area contributed by atoms with Gasteiger partial charge in [-0.15, -0.1) is 0 Å². The van der Waals surface area contributed by atoms with E-state index in [1.165, 1.54) is 0 Å². The van der Waals surface area contributed by atoms with Crippen molar-refractivity contribution in [2.75, 3.05) is 13.2 Å². The molecule has 0 radical (unpaired) electrons. The number of nitrogens with one attached hydrogen (secondary N) is 1. The molecule has 5 nitrogen and oxygen atoms in total. The summed E-state index contributed by atoms with van der Waals surface area (Å²) in [6.45, 7) is 0.537. The van der Waals surface area contributed by atoms with Crippen molar-refractivity contribution < 1.29 is 14.3 Å². The third kappa shape index (κ3) is 4.39. The van der Waals surface area contributed by atoms with Crippen LogP contribution in [-0.4, -0.2) is 19.1 Å². The first-order valence-electron chi connectivity index (χ1n) is 9.47. The van der Waals surface area contributed by atoms with E-state index in [1.54, 1.807) is 12.1 Å². The number of benzene rings is 3. The molecular weight excluding hydrogens is 364 g/mol. The van der Waals surface area contributed by atoms with E-state index in [9.17, 15) is 4.79 Å². The van der Waals surface area contributed by atoms with Crippen molar-refractivity contribution in [1.82, 2.24) is 5.32 Å². The summed E-state index contributed by atoms with van der Waals surface area (Å²) in [5.41, 5.74) is 3.67. The zero-order valence-electron chi connectivity index (χ0n) is 15.8. The van der Waals surface area contributed by atoms with Crippen molar-refractivity contribution in [3.8, 4) is 28.7 Å². The van der Waals surface area contributed by atoms with E-state index in [0.29, 0.717) is 17.9 Å². The Hall–Kier alpha value is -3.78. The van der Waals surface area contributed by atoms with E-state index in [2.05, 4.69) is 11.4 Å². The molecule has 144 valence electrons. The SMILES string of the molecule is N#Cc1ccc(-c2ccc(OCC(=O)NC3CCOc4ccccc43)cc2)cc1. The molecule has 1 N–H and O–H groups in total. The smallest absolute Gasteiger partial charge is 0.258 e. The number of nitriles is 1. The monoisotopic (exact) mass is 384 g/mol. The van der Waals surface area contributed by atoms with Gasteiger partial charge >= 0.3 is 0 Å². The lowest BCUT2D eigenvalue weighted by atomic mass is 10.0. The Bertz CT molecular complexity index is 1040. The van der Waals surface area contributed by atoms with E-state index in [-0.39, 0.29) is 18.6 Å². The first kappa shape index (κ1) is 18.6. The lowest BCUT2D eigenvalue weighted by Gasteiger charge is -2.26. The maximum absolute atomic E-state index is 12.3. The molecule has 0 saturated carbocycles. The van der Waals surface area contributed by atoms with Crippen LogP contribution in [0.5, 0.6) is 11.5 Å². The Balaban J connectivity index is 1.33. The van der Waals surface area contributed by atoms with Crippen LogP contribution in [-0.2, 0) is 4.79 Å².